The molecule has 1 aliphatic heterocycles. The summed E-state index contributed by atoms with van der Waals surface area (Å²) >= 11 is 0. The Morgan fingerprint density at radius 1 is 1.32 bits per heavy atom. The van der Waals surface area contributed by atoms with Crippen LogP contribution in [0.3, 0.4) is 0 Å². The molecular formula is C15H16O4. The molecule has 1 aromatic rings. The average molecular weight is 260 g/mol. The number of ether oxygens (including phenoxy) is 1. The lowest BCUT2D eigenvalue weighted by molar-refractivity contribution is -0.139. The number of allylic oxidation sites excluding steroid dienone is 2. The zero-order valence-corrected chi connectivity index (χ0v) is 10.7. The summed E-state index contributed by atoms with van der Waals surface area (Å²) < 4.78 is 4.92. The van der Waals surface area contributed by atoms with Crippen molar-refractivity contribution in [1.82, 2.24) is 0 Å². The molecule has 0 fully saturated rings. The number of carbonyl (C=O) groups excluding carboxylic acids is 1. The fraction of sp³-hybridized carbons (Fsp3) is 0.267. The predicted molar refractivity (Wildman–Crippen MR) is 70.9 cm³/mol. The van der Waals surface area contributed by atoms with E-state index in [0.717, 1.165) is 17.6 Å². The van der Waals surface area contributed by atoms with Crippen LogP contribution in [0.5, 0.6) is 11.5 Å². The van der Waals surface area contributed by atoms with Gasteiger partial charge in [0.15, 0.2) is 11.5 Å². The molecular weight excluding hydrogens is 244 g/mol. The lowest BCUT2D eigenvalue weighted by Gasteiger charge is -2.14. The van der Waals surface area contributed by atoms with E-state index in [1.807, 2.05) is 12.2 Å². The lowest BCUT2D eigenvalue weighted by Crippen LogP contribution is -2.15. The fourth-order valence-corrected chi connectivity index (χ4v) is 1.92. The van der Waals surface area contributed by atoms with E-state index in [0.29, 0.717) is 18.6 Å². The zero-order chi connectivity index (χ0) is 13.8. The molecule has 1 heterocycles. The summed E-state index contributed by atoms with van der Waals surface area (Å²) in [6.07, 6.45) is 5.21. The standard InChI is InChI=1S/C15H16O4/c1-10-12(7-8-19-15(10)18)4-2-3-11-5-6-13(16)14(17)9-11/h2,4-6,9,16-17H,3,7-8H2,1H3/b4-2-. The highest BCUT2D eigenvalue weighted by Gasteiger charge is 2.15. The van der Waals surface area contributed by atoms with Crippen molar-refractivity contribution in [1.29, 1.82) is 0 Å². The van der Waals surface area contributed by atoms with E-state index in [2.05, 4.69) is 0 Å². The molecule has 2 N–H and O–H groups in total. The first kappa shape index (κ1) is 13.2. The molecule has 100 valence electrons. The second-order valence-corrected chi connectivity index (χ2v) is 4.47. The summed E-state index contributed by atoms with van der Waals surface area (Å²) in [6, 6.07) is 4.73. The highest BCUT2D eigenvalue weighted by Crippen LogP contribution is 2.25. The lowest BCUT2D eigenvalue weighted by atomic mass is 10.0. The largest absolute Gasteiger partial charge is 0.504 e. The van der Waals surface area contributed by atoms with Crippen molar-refractivity contribution in [2.24, 2.45) is 0 Å². The van der Waals surface area contributed by atoms with Crippen LogP contribution in [0.4, 0.5) is 0 Å². The van der Waals surface area contributed by atoms with Crippen molar-refractivity contribution in [3.05, 3.63) is 47.1 Å². The molecule has 0 atom stereocenters. The van der Waals surface area contributed by atoms with Crippen LogP contribution in [0, 0.1) is 0 Å². The van der Waals surface area contributed by atoms with Gasteiger partial charge in [0.1, 0.15) is 0 Å². The van der Waals surface area contributed by atoms with Crippen molar-refractivity contribution < 1.29 is 19.7 Å². The van der Waals surface area contributed by atoms with E-state index < -0.39 is 0 Å². The molecule has 4 heteroatoms. The molecule has 0 radical (unpaired) electrons. The molecule has 0 aromatic heterocycles. The third kappa shape index (κ3) is 3.16. The van der Waals surface area contributed by atoms with Gasteiger partial charge < -0.3 is 14.9 Å². The Bertz CT molecular complexity index is 555. The number of hydrogen-bond donors (Lipinski definition) is 2. The van der Waals surface area contributed by atoms with Gasteiger partial charge in [-0.3, -0.25) is 0 Å². The molecule has 0 aliphatic carbocycles. The minimum atomic E-state index is -0.256. The first-order chi connectivity index (χ1) is 9.08. The van der Waals surface area contributed by atoms with Crippen LogP contribution < -0.4 is 0 Å². The van der Waals surface area contributed by atoms with Crippen LogP contribution in [0.15, 0.2) is 41.5 Å². The summed E-state index contributed by atoms with van der Waals surface area (Å²) in [6.45, 7) is 2.18. The third-order valence-electron chi connectivity index (χ3n) is 3.10. The Morgan fingerprint density at radius 2 is 2.11 bits per heavy atom. The highest BCUT2D eigenvalue weighted by atomic mass is 16.5. The van der Waals surface area contributed by atoms with Gasteiger partial charge in [0.2, 0.25) is 0 Å². The highest BCUT2D eigenvalue weighted by molar-refractivity contribution is 5.90. The first-order valence-corrected chi connectivity index (χ1v) is 6.12. The van der Waals surface area contributed by atoms with Crippen molar-refractivity contribution in [2.45, 2.75) is 19.8 Å². The van der Waals surface area contributed by atoms with E-state index in [-0.39, 0.29) is 17.5 Å². The molecule has 1 aliphatic rings. The molecule has 2 rings (SSSR count). The van der Waals surface area contributed by atoms with Gasteiger partial charge in [-0.1, -0.05) is 18.2 Å². The summed E-state index contributed by atoms with van der Waals surface area (Å²) in [7, 11) is 0. The maximum atomic E-state index is 11.3. The smallest absolute Gasteiger partial charge is 0.333 e. The molecule has 19 heavy (non-hydrogen) atoms. The van der Waals surface area contributed by atoms with Crippen molar-refractivity contribution in [2.75, 3.05) is 6.61 Å². The van der Waals surface area contributed by atoms with Gasteiger partial charge >= 0.3 is 5.97 Å². The van der Waals surface area contributed by atoms with E-state index in [1.54, 1.807) is 13.0 Å². The summed E-state index contributed by atoms with van der Waals surface area (Å²) in [4.78, 5) is 11.3. The molecule has 4 nitrogen and oxygen atoms in total. The maximum Gasteiger partial charge on any atom is 0.333 e. The van der Waals surface area contributed by atoms with E-state index in [9.17, 15) is 15.0 Å². The molecule has 0 bridgehead atoms. The van der Waals surface area contributed by atoms with Crippen molar-refractivity contribution >= 4 is 5.97 Å². The number of phenolic OH excluding ortho intramolecular Hbond substituents is 2. The first-order valence-electron chi connectivity index (χ1n) is 6.12. The topological polar surface area (TPSA) is 66.8 Å². The number of carbonyl (C=O) groups is 1. The second-order valence-electron chi connectivity index (χ2n) is 4.47. The SMILES string of the molecule is CC1=C(/C=C\Cc2ccc(O)c(O)c2)CCOC1=O. The van der Waals surface area contributed by atoms with Gasteiger partial charge in [-0.2, -0.15) is 0 Å². The van der Waals surface area contributed by atoms with Crippen LogP contribution in [-0.2, 0) is 16.0 Å². The Labute approximate surface area is 111 Å². The number of hydrogen-bond acceptors (Lipinski definition) is 4. The molecule has 0 spiro atoms. The van der Waals surface area contributed by atoms with Crippen LogP contribution in [-0.4, -0.2) is 22.8 Å². The van der Waals surface area contributed by atoms with Crippen LogP contribution in [0.2, 0.25) is 0 Å². The van der Waals surface area contributed by atoms with E-state index in [1.165, 1.54) is 12.1 Å². The molecule has 0 unspecified atom stereocenters. The van der Waals surface area contributed by atoms with Crippen molar-refractivity contribution in [3.63, 3.8) is 0 Å². The summed E-state index contributed by atoms with van der Waals surface area (Å²) in [5.74, 6) is -0.503. The molecule has 0 saturated heterocycles. The second kappa shape index (κ2) is 5.61. The fourth-order valence-electron chi connectivity index (χ4n) is 1.92. The minimum Gasteiger partial charge on any atom is -0.504 e. The number of esters is 1. The van der Waals surface area contributed by atoms with Gasteiger partial charge in [0.25, 0.3) is 0 Å². The Balaban J connectivity index is 2.05. The van der Waals surface area contributed by atoms with Gasteiger partial charge in [-0.15, -0.1) is 0 Å². The number of rotatable bonds is 3. The normalized spacial score (nSPS) is 15.9. The third-order valence-corrected chi connectivity index (χ3v) is 3.10. The molecule has 0 amide bonds. The van der Waals surface area contributed by atoms with Crippen LogP contribution in [0.1, 0.15) is 18.9 Å². The molecule has 0 saturated carbocycles. The quantitative estimate of drug-likeness (QED) is 0.647. The number of cyclic esters (lactones) is 1. The summed E-state index contributed by atoms with van der Waals surface area (Å²) in [5, 5.41) is 18.6. The van der Waals surface area contributed by atoms with Gasteiger partial charge in [-0.05, 0) is 36.6 Å². The zero-order valence-electron chi connectivity index (χ0n) is 10.7. The maximum absolute atomic E-state index is 11.3. The Hall–Kier alpha value is -2.23. The summed E-state index contributed by atoms with van der Waals surface area (Å²) in [5.41, 5.74) is 2.53. The number of benzene rings is 1. The predicted octanol–water partition coefficient (Wildman–Crippen LogP) is 2.46. The molecule has 1 aromatic carbocycles. The van der Waals surface area contributed by atoms with E-state index in [4.69, 9.17) is 4.74 Å². The van der Waals surface area contributed by atoms with Gasteiger partial charge in [0.05, 0.1) is 6.61 Å². The Morgan fingerprint density at radius 3 is 2.84 bits per heavy atom. The van der Waals surface area contributed by atoms with Gasteiger partial charge in [0, 0.05) is 12.0 Å². The van der Waals surface area contributed by atoms with Crippen molar-refractivity contribution in [3.8, 4) is 11.5 Å². The van der Waals surface area contributed by atoms with Crippen LogP contribution in [0.25, 0.3) is 0 Å². The number of aromatic hydroxyl groups is 2. The Kier molecular flexibility index (Phi) is 3.90. The monoisotopic (exact) mass is 260 g/mol. The minimum absolute atomic E-state index is 0.123. The number of phenols is 2. The van der Waals surface area contributed by atoms with Gasteiger partial charge in [-0.25, -0.2) is 4.79 Å². The van der Waals surface area contributed by atoms with E-state index >= 15 is 0 Å². The van der Waals surface area contributed by atoms with Crippen LogP contribution >= 0.6 is 0 Å². The average Bonchev–Trinajstić information content (AvgIpc) is 2.39.